The Hall–Kier alpha value is -5.19. The molecule has 3 aliphatic rings. The number of pyridine rings is 1. The van der Waals surface area contributed by atoms with E-state index in [0.717, 1.165) is 28.5 Å². The number of amides is 3. The first-order valence-corrected chi connectivity index (χ1v) is 17.7. The summed E-state index contributed by atoms with van der Waals surface area (Å²) < 4.78 is 12.3. The van der Waals surface area contributed by atoms with Crippen molar-refractivity contribution in [3.63, 3.8) is 0 Å². The fourth-order valence-electron chi connectivity index (χ4n) is 6.91. The van der Waals surface area contributed by atoms with Crippen LogP contribution in [-0.2, 0) is 19.1 Å². The first kappa shape index (κ1) is 35.6. The predicted octanol–water partition coefficient (Wildman–Crippen LogP) is 6.12. The number of hydrogen-bond donors (Lipinski definition) is 3. The van der Waals surface area contributed by atoms with Gasteiger partial charge < -0.3 is 30.1 Å². The number of ether oxygens (including phenoxy) is 2. The number of unbranched alkanes of at least 4 members (excludes halogenated alkanes) is 1. The highest BCUT2D eigenvalue weighted by molar-refractivity contribution is 5.96. The number of aliphatic carboxylic acids is 1. The van der Waals surface area contributed by atoms with Gasteiger partial charge in [-0.15, -0.1) is 6.58 Å². The highest BCUT2D eigenvalue weighted by Gasteiger charge is 2.61. The molecule has 2 aromatic carbocycles. The zero-order valence-electron chi connectivity index (χ0n) is 29.4. The van der Waals surface area contributed by atoms with Crippen LogP contribution in [0.2, 0.25) is 0 Å². The number of allylic oxidation sites excluding steroid dienone is 1. The van der Waals surface area contributed by atoms with E-state index >= 15 is 0 Å². The van der Waals surface area contributed by atoms with Crippen molar-refractivity contribution in [3.8, 4) is 17.0 Å². The quantitative estimate of drug-likeness (QED) is 0.239. The Morgan fingerprint density at radius 2 is 1.94 bits per heavy atom. The van der Waals surface area contributed by atoms with Crippen LogP contribution in [0, 0.1) is 11.3 Å². The first-order chi connectivity index (χ1) is 24.4. The lowest BCUT2D eigenvalue weighted by molar-refractivity contribution is -0.145. The minimum Gasteiger partial charge on any atom is -0.488 e. The summed E-state index contributed by atoms with van der Waals surface area (Å²) in [5, 5.41) is 16.3. The molecule has 1 saturated heterocycles. The van der Waals surface area contributed by atoms with Crippen LogP contribution in [0.5, 0.6) is 5.75 Å². The fourth-order valence-corrected chi connectivity index (χ4v) is 6.91. The third-order valence-corrected chi connectivity index (χ3v) is 10.2. The van der Waals surface area contributed by atoms with Crippen molar-refractivity contribution in [2.45, 2.75) is 83.0 Å². The number of cyclic esters (lactones) is 1. The van der Waals surface area contributed by atoms with Gasteiger partial charge in [0.25, 0.3) is 0 Å². The van der Waals surface area contributed by atoms with E-state index in [2.05, 4.69) is 37.1 Å². The Morgan fingerprint density at radius 1 is 1.16 bits per heavy atom. The summed E-state index contributed by atoms with van der Waals surface area (Å²) in [6.45, 7) is 10.0. The van der Waals surface area contributed by atoms with Gasteiger partial charge in [-0.2, -0.15) is 0 Å². The van der Waals surface area contributed by atoms with Gasteiger partial charge in [-0.1, -0.05) is 88.2 Å². The zero-order chi connectivity index (χ0) is 36.3. The Morgan fingerprint density at radius 3 is 2.65 bits per heavy atom. The number of carboxylic acids is 1. The molecule has 3 heterocycles. The molecule has 0 radical (unpaired) electrons. The molecule has 3 amide bonds. The molecule has 3 N–H and O–H groups in total. The van der Waals surface area contributed by atoms with E-state index in [1.54, 1.807) is 0 Å². The highest BCUT2D eigenvalue weighted by atomic mass is 16.5. The van der Waals surface area contributed by atoms with Gasteiger partial charge >= 0.3 is 12.1 Å². The maximum atomic E-state index is 14.3. The molecule has 11 heteroatoms. The standard InChI is InChI=1S/C40H46N4O7/c1-5-7-13-31-36(46)44-24-28(21-33(44)35(45)43-40(37(47)48)23-27(40)6-2)51-34-22-32(26-11-9-8-10-12-26)41-30-15-14-25(20-29(30)34)16-17-39(3,4)18-19-50-38(49)42-31/h6,8-12,14-17,20,22,27-28,31,33H,2,5,7,13,18-19,21,23-24H2,1,3-4H3,(H,42,49)(H,43,45)(H,47,48)/t27-,28-,31+,33+,40-/m1/s1. The second-order valence-corrected chi connectivity index (χ2v) is 14.5. The monoisotopic (exact) mass is 694 g/mol. The van der Waals surface area contributed by atoms with E-state index in [1.165, 1.54) is 11.0 Å². The molecule has 0 unspecified atom stereocenters. The lowest BCUT2D eigenvalue weighted by Gasteiger charge is -2.29. The number of aromatic nitrogens is 1. The fraction of sp³-hybridized carbons (Fsp3) is 0.425. The topological polar surface area (TPSA) is 147 Å². The normalized spacial score (nSPS) is 26.0. The molecule has 3 aromatic rings. The lowest BCUT2D eigenvalue weighted by Crippen LogP contribution is -2.56. The molecule has 2 aliphatic heterocycles. The molecular formula is C40H46N4O7. The maximum Gasteiger partial charge on any atom is 0.407 e. The number of nitrogens with zero attached hydrogens (tertiary/aromatic N) is 2. The van der Waals surface area contributed by atoms with Crippen molar-refractivity contribution in [3.05, 3.63) is 78.9 Å². The Labute approximate surface area is 298 Å². The number of hydrogen-bond acceptors (Lipinski definition) is 7. The van der Waals surface area contributed by atoms with Crippen LogP contribution >= 0.6 is 0 Å². The number of nitrogens with one attached hydrogen (secondary N) is 2. The molecule has 268 valence electrons. The zero-order valence-corrected chi connectivity index (χ0v) is 29.4. The van der Waals surface area contributed by atoms with E-state index in [0.29, 0.717) is 30.7 Å². The number of alkyl carbamates (subject to hydrolysis) is 1. The molecule has 51 heavy (non-hydrogen) atoms. The molecule has 5 atom stereocenters. The summed E-state index contributed by atoms with van der Waals surface area (Å²) >= 11 is 0. The minimum absolute atomic E-state index is 0.0412. The van der Waals surface area contributed by atoms with Crippen LogP contribution in [0.3, 0.4) is 0 Å². The van der Waals surface area contributed by atoms with Crippen LogP contribution in [0.1, 0.15) is 64.9 Å². The second-order valence-electron chi connectivity index (χ2n) is 14.5. The van der Waals surface area contributed by atoms with E-state index in [-0.39, 0.29) is 31.4 Å². The summed E-state index contributed by atoms with van der Waals surface area (Å²) in [5.41, 5.74) is 1.47. The van der Waals surface area contributed by atoms with E-state index in [4.69, 9.17) is 14.5 Å². The highest BCUT2D eigenvalue weighted by Crippen LogP contribution is 2.45. The average Bonchev–Trinajstić information content (AvgIpc) is 3.68. The van der Waals surface area contributed by atoms with Crippen molar-refractivity contribution < 1.29 is 33.8 Å². The third-order valence-electron chi connectivity index (χ3n) is 10.2. The first-order valence-electron chi connectivity index (χ1n) is 17.7. The van der Waals surface area contributed by atoms with Crippen molar-refractivity contribution in [2.24, 2.45) is 11.3 Å². The van der Waals surface area contributed by atoms with Gasteiger partial charge in [0, 0.05) is 29.4 Å². The summed E-state index contributed by atoms with van der Waals surface area (Å²) in [6.07, 6.45) is 6.91. The molecule has 0 spiro atoms. The van der Waals surface area contributed by atoms with Crippen molar-refractivity contribution in [1.29, 1.82) is 0 Å². The van der Waals surface area contributed by atoms with Gasteiger partial charge in [-0.3, -0.25) is 9.59 Å². The van der Waals surface area contributed by atoms with Crippen LogP contribution < -0.4 is 15.4 Å². The minimum atomic E-state index is -1.48. The van der Waals surface area contributed by atoms with Crippen LogP contribution in [0.15, 0.2) is 73.3 Å². The summed E-state index contributed by atoms with van der Waals surface area (Å²) in [4.78, 5) is 60.0. The Bertz CT molecular complexity index is 1860. The largest absolute Gasteiger partial charge is 0.488 e. The van der Waals surface area contributed by atoms with Crippen LogP contribution in [0.25, 0.3) is 28.2 Å². The number of carbonyl (C=O) groups excluding carboxylic acids is 3. The molecule has 6 rings (SSSR count). The average molecular weight is 695 g/mol. The molecule has 1 aromatic heterocycles. The maximum absolute atomic E-state index is 14.3. The smallest absolute Gasteiger partial charge is 0.407 e. The SMILES string of the molecule is C=C[C@@H]1C[C@]1(NC(=O)[C@@H]1C[C@@H]2CN1C(=O)[C@H](CCCC)NC(=O)OCCC(C)(C)C=Cc1ccc3nc(-c4ccccc4)cc(c3c1)O2)C(=O)O. The number of benzene rings is 2. The van der Waals surface area contributed by atoms with E-state index in [1.807, 2.05) is 67.6 Å². The summed E-state index contributed by atoms with van der Waals surface area (Å²) in [7, 11) is 0. The Kier molecular flexibility index (Phi) is 10.2. The summed E-state index contributed by atoms with van der Waals surface area (Å²) in [5.74, 6) is -2.09. The molecule has 2 fully saturated rings. The van der Waals surface area contributed by atoms with Gasteiger partial charge in [0.05, 0.1) is 24.4 Å². The van der Waals surface area contributed by atoms with Crippen molar-refractivity contribution in [2.75, 3.05) is 13.2 Å². The molecule has 1 saturated carbocycles. The van der Waals surface area contributed by atoms with Gasteiger partial charge in [-0.05, 0) is 42.4 Å². The molecule has 1 aliphatic carbocycles. The summed E-state index contributed by atoms with van der Waals surface area (Å²) in [6, 6.07) is 15.6. The second kappa shape index (κ2) is 14.6. The number of carboxylic acid groups (broad SMARTS) is 1. The number of fused-ring (bicyclic) bond motifs is 3. The van der Waals surface area contributed by atoms with Crippen LogP contribution in [-0.4, -0.2) is 75.7 Å². The van der Waals surface area contributed by atoms with E-state index in [9.17, 15) is 24.3 Å². The van der Waals surface area contributed by atoms with Gasteiger partial charge in [0.2, 0.25) is 11.8 Å². The van der Waals surface area contributed by atoms with E-state index < -0.39 is 53.5 Å². The third kappa shape index (κ3) is 7.77. The van der Waals surface area contributed by atoms with Crippen LogP contribution in [0.4, 0.5) is 4.79 Å². The number of carbonyl (C=O) groups is 4. The predicted molar refractivity (Wildman–Crippen MR) is 194 cm³/mol. The Balaban J connectivity index is 1.42. The number of rotatable bonds is 8. The van der Waals surface area contributed by atoms with Crippen molar-refractivity contribution in [1.82, 2.24) is 20.5 Å². The molecular weight excluding hydrogens is 648 g/mol. The molecule has 4 bridgehead atoms. The molecule has 11 nitrogen and oxygen atoms in total. The van der Waals surface area contributed by atoms with Gasteiger partial charge in [0.1, 0.15) is 29.5 Å². The lowest BCUT2D eigenvalue weighted by atomic mass is 9.88. The van der Waals surface area contributed by atoms with Crippen molar-refractivity contribution >= 4 is 40.9 Å². The van der Waals surface area contributed by atoms with Gasteiger partial charge in [-0.25, -0.2) is 14.6 Å². The van der Waals surface area contributed by atoms with Gasteiger partial charge in [0.15, 0.2) is 0 Å².